The van der Waals surface area contributed by atoms with Crippen molar-refractivity contribution in [2.75, 3.05) is 31.1 Å². The number of carboxylic acid groups (broad SMARTS) is 1. The van der Waals surface area contributed by atoms with Crippen molar-refractivity contribution < 1.29 is 9.90 Å². The average Bonchev–Trinajstić information content (AvgIpc) is 2.99. The van der Waals surface area contributed by atoms with E-state index >= 15 is 0 Å². The summed E-state index contributed by atoms with van der Waals surface area (Å²) >= 11 is 1.41. The van der Waals surface area contributed by atoms with Gasteiger partial charge in [-0.15, -0.1) is 28.3 Å². The number of hydrogen-bond donors (Lipinski definition) is 1. The monoisotopic (exact) mass is 383 g/mol. The zero-order valence-corrected chi connectivity index (χ0v) is 14.5. The number of hydrogen-bond acceptors (Lipinski definition) is 5. The van der Waals surface area contributed by atoms with Crippen molar-refractivity contribution in [1.82, 2.24) is 9.88 Å². The van der Waals surface area contributed by atoms with Gasteiger partial charge in [-0.25, -0.2) is 9.78 Å². The molecule has 1 aromatic carbocycles. The van der Waals surface area contributed by atoms with Gasteiger partial charge >= 0.3 is 5.97 Å². The highest BCUT2D eigenvalue weighted by molar-refractivity contribution is 8.93. The Morgan fingerprint density at radius 1 is 1.18 bits per heavy atom. The molecule has 2 aromatic rings. The molecule has 118 valence electrons. The van der Waals surface area contributed by atoms with Gasteiger partial charge in [0.1, 0.15) is 0 Å². The van der Waals surface area contributed by atoms with Crippen LogP contribution in [0.3, 0.4) is 0 Å². The maximum atomic E-state index is 10.9. The number of aromatic nitrogens is 1. The van der Waals surface area contributed by atoms with Crippen LogP contribution in [0.4, 0.5) is 5.13 Å². The van der Waals surface area contributed by atoms with Gasteiger partial charge in [0.25, 0.3) is 0 Å². The molecular weight excluding hydrogens is 366 g/mol. The predicted molar refractivity (Wildman–Crippen MR) is 93.3 cm³/mol. The van der Waals surface area contributed by atoms with Crippen molar-refractivity contribution in [3.63, 3.8) is 0 Å². The molecule has 0 radical (unpaired) electrons. The Bertz CT molecular complexity index is 612. The molecule has 2 heterocycles. The number of benzene rings is 1. The van der Waals surface area contributed by atoms with E-state index in [1.807, 2.05) is 6.07 Å². The number of anilines is 1. The van der Waals surface area contributed by atoms with E-state index in [4.69, 9.17) is 5.11 Å². The molecule has 1 N–H and O–H groups in total. The molecule has 0 atom stereocenters. The molecule has 0 saturated carbocycles. The lowest BCUT2D eigenvalue weighted by molar-refractivity contribution is 0.0691. The molecule has 7 heteroatoms. The maximum Gasteiger partial charge on any atom is 0.355 e. The number of carboxylic acids is 1. The normalized spacial score (nSPS) is 15.4. The number of carbonyl (C=O) groups is 1. The summed E-state index contributed by atoms with van der Waals surface area (Å²) in [7, 11) is 0. The van der Waals surface area contributed by atoms with Crippen LogP contribution in [0.15, 0.2) is 35.7 Å². The molecule has 1 aliphatic heterocycles. The second-order valence-corrected chi connectivity index (χ2v) is 5.91. The van der Waals surface area contributed by atoms with Gasteiger partial charge in [-0.05, 0) is 5.56 Å². The zero-order chi connectivity index (χ0) is 14.7. The highest BCUT2D eigenvalue weighted by atomic mass is 79.9. The van der Waals surface area contributed by atoms with E-state index in [1.54, 1.807) is 5.38 Å². The smallest absolute Gasteiger partial charge is 0.355 e. The molecule has 0 aliphatic carbocycles. The number of aromatic carboxylic acids is 1. The van der Waals surface area contributed by atoms with Gasteiger partial charge < -0.3 is 10.0 Å². The van der Waals surface area contributed by atoms with Crippen LogP contribution in [0.5, 0.6) is 0 Å². The van der Waals surface area contributed by atoms with Gasteiger partial charge in [-0.1, -0.05) is 30.3 Å². The van der Waals surface area contributed by atoms with Crippen molar-refractivity contribution >= 4 is 39.4 Å². The maximum absolute atomic E-state index is 10.9. The van der Waals surface area contributed by atoms with Crippen LogP contribution < -0.4 is 4.90 Å². The summed E-state index contributed by atoms with van der Waals surface area (Å²) in [5.74, 6) is -0.958. The Morgan fingerprint density at radius 2 is 1.86 bits per heavy atom. The molecule has 1 fully saturated rings. The molecule has 3 rings (SSSR count). The molecule has 22 heavy (non-hydrogen) atoms. The number of rotatable bonds is 4. The molecule has 1 aromatic heterocycles. The van der Waals surface area contributed by atoms with E-state index in [0.717, 1.165) is 37.9 Å². The average molecular weight is 384 g/mol. The largest absolute Gasteiger partial charge is 0.476 e. The minimum atomic E-state index is -0.958. The second-order valence-electron chi connectivity index (χ2n) is 5.07. The van der Waals surface area contributed by atoms with Crippen molar-refractivity contribution in [3.8, 4) is 0 Å². The third-order valence-corrected chi connectivity index (χ3v) is 4.50. The molecule has 0 amide bonds. The van der Waals surface area contributed by atoms with Crippen LogP contribution in [0.25, 0.3) is 0 Å². The van der Waals surface area contributed by atoms with Crippen LogP contribution in [0, 0.1) is 0 Å². The fourth-order valence-corrected chi connectivity index (χ4v) is 3.30. The SMILES string of the molecule is Br.O=C(O)c1csc(N2CCN(Cc3ccccc3)CC2)n1. The van der Waals surface area contributed by atoms with Crippen LogP contribution in [-0.2, 0) is 6.54 Å². The first-order chi connectivity index (χ1) is 10.2. The zero-order valence-electron chi connectivity index (χ0n) is 12.0. The summed E-state index contributed by atoms with van der Waals surface area (Å²) in [6.07, 6.45) is 0. The van der Waals surface area contributed by atoms with Crippen LogP contribution in [-0.4, -0.2) is 47.1 Å². The van der Waals surface area contributed by atoms with Crippen molar-refractivity contribution in [2.24, 2.45) is 0 Å². The Morgan fingerprint density at radius 3 is 2.45 bits per heavy atom. The van der Waals surface area contributed by atoms with Crippen molar-refractivity contribution in [3.05, 3.63) is 47.0 Å². The number of nitrogens with zero attached hydrogens (tertiary/aromatic N) is 3. The quantitative estimate of drug-likeness (QED) is 0.879. The van der Waals surface area contributed by atoms with E-state index < -0.39 is 5.97 Å². The minimum absolute atomic E-state index is 0. The Hall–Kier alpha value is -1.44. The second kappa shape index (κ2) is 7.71. The highest BCUT2D eigenvalue weighted by Crippen LogP contribution is 2.22. The van der Waals surface area contributed by atoms with Crippen molar-refractivity contribution in [1.29, 1.82) is 0 Å². The summed E-state index contributed by atoms with van der Waals surface area (Å²) in [6, 6.07) is 10.5. The number of halogens is 1. The molecular formula is C15H18BrN3O2S. The summed E-state index contributed by atoms with van der Waals surface area (Å²) in [4.78, 5) is 19.6. The summed E-state index contributed by atoms with van der Waals surface area (Å²) in [5, 5.41) is 11.3. The van der Waals surface area contributed by atoms with E-state index in [-0.39, 0.29) is 22.7 Å². The van der Waals surface area contributed by atoms with Gasteiger partial charge in [0, 0.05) is 38.1 Å². The Labute approximate surface area is 144 Å². The Kier molecular flexibility index (Phi) is 5.93. The lowest BCUT2D eigenvalue weighted by Gasteiger charge is -2.34. The third kappa shape index (κ3) is 4.06. The van der Waals surface area contributed by atoms with Crippen LogP contribution in [0.2, 0.25) is 0 Å². The Balaban J connectivity index is 0.00000176. The lowest BCUT2D eigenvalue weighted by Crippen LogP contribution is -2.45. The van der Waals surface area contributed by atoms with Crippen LogP contribution in [0.1, 0.15) is 16.1 Å². The van der Waals surface area contributed by atoms with Gasteiger partial charge in [-0.2, -0.15) is 0 Å². The first-order valence-electron chi connectivity index (χ1n) is 6.92. The molecule has 1 aliphatic rings. The predicted octanol–water partition coefficient (Wildman–Crippen LogP) is 2.74. The van der Waals surface area contributed by atoms with Gasteiger partial charge in [0.15, 0.2) is 10.8 Å². The fraction of sp³-hybridized carbons (Fsp3) is 0.333. The summed E-state index contributed by atoms with van der Waals surface area (Å²) in [6.45, 7) is 4.68. The molecule has 0 spiro atoms. The fourth-order valence-electron chi connectivity index (χ4n) is 2.45. The highest BCUT2D eigenvalue weighted by Gasteiger charge is 2.20. The van der Waals surface area contributed by atoms with Crippen LogP contribution >= 0.6 is 28.3 Å². The van der Waals surface area contributed by atoms with E-state index in [0.29, 0.717) is 0 Å². The number of thiazole rings is 1. The first-order valence-corrected chi connectivity index (χ1v) is 7.80. The van der Waals surface area contributed by atoms with Gasteiger partial charge in [0.05, 0.1) is 0 Å². The number of piperazine rings is 1. The lowest BCUT2D eigenvalue weighted by atomic mass is 10.2. The van der Waals surface area contributed by atoms with E-state index in [1.165, 1.54) is 16.9 Å². The van der Waals surface area contributed by atoms with E-state index in [9.17, 15) is 4.79 Å². The van der Waals surface area contributed by atoms with Gasteiger partial charge in [-0.3, -0.25) is 4.90 Å². The first kappa shape index (κ1) is 16.9. The molecule has 5 nitrogen and oxygen atoms in total. The topological polar surface area (TPSA) is 56.7 Å². The summed E-state index contributed by atoms with van der Waals surface area (Å²) < 4.78 is 0. The minimum Gasteiger partial charge on any atom is -0.476 e. The molecule has 0 unspecified atom stereocenters. The standard InChI is InChI=1S/C15H17N3O2S.BrH/c19-14(20)13-11-21-15(16-13)18-8-6-17(7-9-18)10-12-4-2-1-3-5-12;/h1-5,11H,6-10H2,(H,19,20);1H. The molecule has 0 bridgehead atoms. The van der Waals surface area contributed by atoms with E-state index in [2.05, 4.69) is 39.0 Å². The molecule has 1 saturated heterocycles. The van der Waals surface area contributed by atoms with Crippen molar-refractivity contribution in [2.45, 2.75) is 6.54 Å². The summed E-state index contributed by atoms with van der Waals surface area (Å²) in [5.41, 5.74) is 1.47. The van der Waals surface area contributed by atoms with Gasteiger partial charge in [0.2, 0.25) is 0 Å². The third-order valence-electron chi connectivity index (χ3n) is 3.60.